The van der Waals surface area contributed by atoms with Crippen LogP contribution in [0.1, 0.15) is 13.3 Å². The SMILES string of the molecule is CSCCC(C)NC(=O)C1CNC1. The molecule has 1 unspecified atom stereocenters. The molecule has 3 nitrogen and oxygen atoms in total. The van der Waals surface area contributed by atoms with Crippen LogP contribution in [0, 0.1) is 5.92 Å². The van der Waals surface area contributed by atoms with Crippen LogP contribution in [0.25, 0.3) is 0 Å². The molecule has 1 rings (SSSR count). The van der Waals surface area contributed by atoms with Crippen LogP contribution in [0.5, 0.6) is 0 Å². The van der Waals surface area contributed by atoms with Crippen molar-refractivity contribution >= 4 is 17.7 Å². The zero-order valence-electron chi connectivity index (χ0n) is 8.30. The molecule has 2 N–H and O–H groups in total. The number of carbonyl (C=O) groups is 1. The zero-order valence-corrected chi connectivity index (χ0v) is 9.12. The van der Waals surface area contributed by atoms with Gasteiger partial charge in [-0.2, -0.15) is 11.8 Å². The fourth-order valence-electron chi connectivity index (χ4n) is 1.20. The molecule has 0 radical (unpaired) electrons. The Bertz CT molecular complexity index is 171. The van der Waals surface area contributed by atoms with Gasteiger partial charge >= 0.3 is 0 Å². The summed E-state index contributed by atoms with van der Waals surface area (Å²) in [6, 6.07) is 0.320. The van der Waals surface area contributed by atoms with Crippen LogP contribution in [0.4, 0.5) is 0 Å². The molecule has 0 aliphatic carbocycles. The minimum atomic E-state index is 0.215. The molecular weight excluding hydrogens is 184 g/mol. The molecule has 0 aromatic heterocycles. The van der Waals surface area contributed by atoms with E-state index in [1.165, 1.54) is 0 Å². The van der Waals surface area contributed by atoms with Crippen molar-refractivity contribution < 1.29 is 4.79 Å². The van der Waals surface area contributed by atoms with Gasteiger partial charge in [0.2, 0.25) is 5.91 Å². The number of carbonyl (C=O) groups excluding carboxylic acids is 1. The fraction of sp³-hybridized carbons (Fsp3) is 0.889. The second kappa shape index (κ2) is 5.50. The standard InChI is InChI=1S/C9H18N2OS/c1-7(3-4-13-2)11-9(12)8-5-10-6-8/h7-8,10H,3-6H2,1-2H3,(H,11,12). The highest BCUT2D eigenvalue weighted by atomic mass is 32.2. The third kappa shape index (κ3) is 3.56. The van der Waals surface area contributed by atoms with E-state index in [1.54, 1.807) is 0 Å². The molecule has 1 atom stereocenters. The molecule has 1 aliphatic heterocycles. The average Bonchev–Trinajstić information content (AvgIpc) is 1.97. The van der Waals surface area contributed by atoms with E-state index in [2.05, 4.69) is 23.8 Å². The molecule has 1 fully saturated rings. The van der Waals surface area contributed by atoms with Crippen molar-refractivity contribution in [3.63, 3.8) is 0 Å². The van der Waals surface area contributed by atoms with E-state index in [0.717, 1.165) is 25.3 Å². The molecule has 0 saturated carbocycles. The molecule has 1 aliphatic rings. The lowest BCUT2D eigenvalue weighted by Gasteiger charge is -2.27. The molecule has 0 bridgehead atoms. The lowest BCUT2D eigenvalue weighted by Crippen LogP contribution is -2.52. The first kappa shape index (κ1) is 10.9. The van der Waals surface area contributed by atoms with Crippen molar-refractivity contribution in [2.75, 3.05) is 25.1 Å². The summed E-state index contributed by atoms with van der Waals surface area (Å²) in [6.45, 7) is 3.77. The number of hydrogen-bond acceptors (Lipinski definition) is 3. The number of hydrogen-bond donors (Lipinski definition) is 2. The molecule has 76 valence electrons. The number of rotatable bonds is 5. The van der Waals surface area contributed by atoms with Gasteiger partial charge in [-0.05, 0) is 25.4 Å². The van der Waals surface area contributed by atoms with Crippen molar-refractivity contribution in [1.29, 1.82) is 0 Å². The van der Waals surface area contributed by atoms with E-state index in [1.807, 2.05) is 11.8 Å². The van der Waals surface area contributed by atoms with E-state index in [4.69, 9.17) is 0 Å². The zero-order chi connectivity index (χ0) is 9.68. The summed E-state index contributed by atoms with van der Waals surface area (Å²) >= 11 is 1.82. The van der Waals surface area contributed by atoms with Crippen LogP contribution in [-0.4, -0.2) is 37.0 Å². The summed E-state index contributed by atoms with van der Waals surface area (Å²) in [7, 11) is 0. The summed E-state index contributed by atoms with van der Waals surface area (Å²) in [5.74, 6) is 1.55. The van der Waals surface area contributed by atoms with Crippen LogP contribution >= 0.6 is 11.8 Å². The summed E-state index contributed by atoms with van der Waals surface area (Å²) in [5.41, 5.74) is 0. The maximum absolute atomic E-state index is 11.4. The highest BCUT2D eigenvalue weighted by Gasteiger charge is 2.25. The monoisotopic (exact) mass is 202 g/mol. The van der Waals surface area contributed by atoms with E-state index in [9.17, 15) is 4.79 Å². The molecule has 1 heterocycles. The minimum absolute atomic E-state index is 0.215. The Morgan fingerprint density at radius 2 is 2.38 bits per heavy atom. The molecule has 13 heavy (non-hydrogen) atoms. The van der Waals surface area contributed by atoms with Crippen molar-refractivity contribution in [2.24, 2.45) is 5.92 Å². The maximum Gasteiger partial charge on any atom is 0.225 e. The quantitative estimate of drug-likeness (QED) is 0.680. The molecular formula is C9H18N2OS. The Labute approximate surface area is 84.0 Å². The van der Waals surface area contributed by atoms with Gasteiger partial charge in [-0.25, -0.2) is 0 Å². The van der Waals surface area contributed by atoms with Gasteiger partial charge in [0.05, 0.1) is 5.92 Å². The summed E-state index contributed by atoms with van der Waals surface area (Å²) in [6.07, 6.45) is 3.15. The van der Waals surface area contributed by atoms with E-state index in [-0.39, 0.29) is 11.8 Å². The fourth-order valence-corrected chi connectivity index (χ4v) is 1.79. The highest BCUT2D eigenvalue weighted by molar-refractivity contribution is 7.98. The Balaban J connectivity index is 2.11. The van der Waals surface area contributed by atoms with Gasteiger partial charge in [0, 0.05) is 19.1 Å². The Morgan fingerprint density at radius 3 is 2.85 bits per heavy atom. The largest absolute Gasteiger partial charge is 0.353 e. The normalized spacial score (nSPS) is 19.2. The Kier molecular flexibility index (Phi) is 4.59. The van der Waals surface area contributed by atoms with Crippen molar-refractivity contribution in [3.05, 3.63) is 0 Å². The molecule has 0 aromatic carbocycles. The van der Waals surface area contributed by atoms with Gasteiger partial charge in [-0.15, -0.1) is 0 Å². The lowest BCUT2D eigenvalue weighted by atomic mass is 10.0. The van der Waals surface area contributed by atoms with Crippen LogP contribution < -0.4 is 10.6 Å². The predicted octanol–water partition coefficient (Wildman–Crippen LogP) is 0.464. The van der Waals surface area contributed by atoms with Crippen molar-refractivity contribution in [2.45, 2.75) is 19.4 Å². The minimum Gasteiger partial charge on any atom is -0.353 e. The molecule has 0 spiro atoms. The van der Waals surface area contributed by atoms with Crippen LogP contribution in [0.2, 0.25) is 0 Å². The third-order valence-corrected chi connectivity index (χ3v) is 2.94. The first-order chi connectivity index (χ1) is 6.24. The van der Waals surface area contributed by atoms with Gasteiger partial charge in [0.1, 0.15) is 0 Å². The van der Waals surface area contributed by atoms with Gasteiger partial charge in [0.15, 0.2) is 0 Å². The summed E-state index contributed by atoms with van der Waals surface area (Å²) in [5, 5.41) is 6.12. The second-order valence-electron chi connectivity index (χ2n) is 3.55. The number of amides is 1. The van der Waals surface area contributed by atoms with Crippen molar-refractivity contribution in [1.82, 2.24) is 10.6 Å². The number of thioether (sulfide) groups is 1. The Morgan fingerprint density at radius 1 is 1.69 bits per heavy atom. The van der Waals surface area contributed by atoms with Gasteiger partial charge < -0.3 is 10.6 Å². The van der Waals surface area contributed by atoms with E-state index < -0.39 is 0 Å². The third-order valence-electron chi connectivity index (χ3n) is 2.30. The smallest absolute Gasteiger partial charge is 0.225 e. The van der Waals surface area contributed by atoms with Gasteiger partial charge in [0.25, 0.3) is 0 Å². The highest BCUT2D eigenvalue weighted by Crippen LogP contribution is 2.05. The van der Waals surface area contributed by atoms with E-state index in [0.29, 0.717) is 6.04 Å². The van der Waals surface area contributed by atoms with Crippen LogP contribution in [-0.2, 0) is 4.79 Å². The van der Waals surface area contributed by atoms with Crippen LogP contribution in [0.3, 0.4) is 0 Å². The Hall–Kier alpha value is -0.220. The van der Waals surface area contributed by atoms with Gasteiger partial charge in [-0.3, -0.25) is 4.79 Å². The van der Waals surface area contributed by atoms with Crippen LogP contribution in [0.15, 0.2) is 0 Å². The maximum atomic E-state index is 11.4. The van der Waals surface area contributed by atoms with E-state index >= 15 is 0 Å². The summed E-state index contributed by atoms with van der Waals surface area (Å²) in [4.78, 5) is 11.4. The lowest BCUT2D eigenvalue weighted by molar-refractivity contribution is -0.127. The molecule has 1 amide bonds. The molecule has 1 saturated heterocycles. The average molecular weight is 202 g/mol. The predicted molar refractivity (Wildman–Crippen MR) is 57.0 cm³/mol. The molecule has 4 heteroatoms. The summed E-state index contributed by atoms with van der Waals surface area (Å²) < 4.78 is 0. The van der Waals surface area contributed by atoms with Gasteiger partial charge in [-0.1, -0.05) is 0 Å². The number of nitrogens with one attached hydrogen (secondary N) is 2. The first-order valence-electron chi connectivity index (χ1n) is 4.74. The second-order valence-corrected chi connectivity index (χ2v) is 4.53. The molecule has 0 aromatic rings. The first-order valence-corrected chi connectivity index (χ1v) is 6.13. The van der Waals surface area contributed by atoms with Crippen molar-refractivity contribution in [3.8, 4) is 0 Å². The topological polar surface area (TPSA) is 41.1 Å².